The van der Waals surface area contributed by atoms with Crippen molar-refractivity contribution in [2.45, 2.75) is 26.0 Å². The van der Waals surface area contributed by atoms with Crippen molar-refractivity contribution in [1.82, 2.24) is 14.8 Å². The molecule has 8 nitrogen and oxygen atoms in total. The van der Waals surface area contributed by atoms with E-state index >= 15 is 0 Å². The number of pyridine rings is 1. The number of fused-ring (bicyclic) bond motifs is 1. The summed E-state index contributed by atoms with van der Waals surface area (Å²) in [7, 11) is 1.63. The zero-order chi connectivity index (χ0) is 23.4. The molecule has 2 heterocycles. The van der Waals surface area contributed by atoms with Crippen molar-refractivity contribution >= 4 is 33.6 Å². The Morgan fingerprint density at radius 2 is 2.12 bits per heavy atom. The van der Waals surface area contributed by atoms with Gasteiger partial charge in [-0.1, -0.05) is 6.92 Å². The van der Waals surface area contributed by atoms with E-state index in [1.54, 1.807) is 31.1 Å². The van der Waals surface area contributed by atoms with Gasteiger partial charge in [0.05, 0.1) is 19.2 Å². The molecule has 0 saturated heterocycles. The first-order valence-corrected chi connectivity index (χ1v) is 11.0. The number of aliphatic hydroxyl groups is 1. The van der Waals surface area contributed by atoms with Gasteiger partial charge in [0.25, 0.3) is 5.91 Å². The van der Waals surface area contributed by atoms with Crippen molar-refractivity contribution in [2.24, 2.45) is 5.92 Å². The molecule has 172 valence electrons. The maximum atomic E-state index is 13.1. The number of aliphatic hydroxyl groups excluding tert-OH is 1. The quantitative estimate of drug-likeness (QED) is 0.645. The molecule has 32 heavy (non-hydrogen) atoms. The van der Waals surface area contributed by atoms with Gasteiger partial charge in [0, 0.05) is 35.9 Å². The Morgan fingerprint density at radius 1 is 1.44 bits per heavy atom. The summed E-state index contributed by atoms with van der Waals surface area (Å²) < 4.78 is 19.8. The van der Waals surface area contributed by atoms with E-state index in [9.17, 15) is 19.1 Å². The number of anilines is 1. The summed E-state index contributed by atoms with van der Waals surface area (Å²) in [6.45, 7) is 4.08. The van der Waals surface area contributed by atoms with E-state index in [0.29, 0.717) is 16.7 Å². The van der Waals surface area contributed by atoms with Crippen LogP contribution in [0.25, 0.3) is 0 Å². The molecule has 2 N–H and O–H groups in total. The average molecular weight is 509 g/mol. The molecule has 1 aliphatic rings. The van der Waals surface area contributed by atoms with Crippen LogP contribution in [0.2, 0.25) is 0 Å². The normalized spacial score (nSPS) is 19.3. The number of likely N-dealkylation sites (N-methyl/N-ethyl adjacent to an activating group) is 1. The first kappa shape index (κ1) is 23.9. The van der Waals surface area contributed by atoms with Gasteiger partial charge in [0.2, 0.25) is 5.88 Å². The minimum Gasteiger partial charge on any atom is -0.472 e. The van der Waals surface area contributed by atoms with Crippen molar-refractivity contribution in [3.63, 3.8) is 0 Å². The molecule has 0 fully saturated rings. The van der Waals surface area contributed by atoms with Crippen molar-refractivity contribution in [3.05, 3.63) is 52.4 Å². The van der Waals surface area contributed by atoms with E-state index in [0.717, 1.165) is 0 Å². The second-order valence-electron chi connectivity index (χ2n) is 7.95. The number of urea groups is 1. The van der Waals surface area contributed by atoms with Crippen molar-refractivity contribution in [1.29, 1.82) is 0 Å². The smallest absolute Gasteiger partial charge is 0.321 e. The van der Waals surface area contributed by atoms with E-state index in [-0.39, 0.29) is 48.3 Å². The van der Waals surface area contributed by atoms with Crippen LogP contribution in [0.4, 0.5) is 14.9 Å². The number of rotatable bonds is 5. The van der Waals surface area contributed by atoms with Crippen LogP contribution in [0.15, 0.2) is 41.0 Å². The third kappa shape index (κ3) is 5.55. The summed E-state index contributed by atoms with van der Waals surface area (Å²) in [6, 6.07) is 6.36. The van der Waals surface area contributed by atoms with E-state index in [2.05, 4.69) is 26.2 Å². The molecular weight excluding hydrogens is 483 g/mol. The molecule has 3 atom stereocenters. The first-order valence-electron chi connectivity index (χ1n) is 10.2. The maximum Gasteiger partial charge on any atom is 0.321 e. The number of hydrogen-bond acceptors (Lipinski definition) is 5. The predicted octanol–water partition coefficient (Wildman–Crippen LogP) is 3.37. The number of amides is 3. The van der Waals surface area contributed by atoms with Crippen LogP contribution in [0.3, 0.4) is 0 Å². The van der Waals surface area contributed by atoms with Crippen LogP contribution in [-0.2, 0) is 0 Å². The Labute approximate surface area is 194 Å². The minimum atomic E-state index is -0.465. The highest BCUT2D eigenvalue weighted by Crippen LogP contribution is 2.28. The number of halogens is 2. The fourth-order valence-electron chi connectivity index (χ4n) is 3.40. The van der Waals surface area contributed by atoms with Gasteiger partial charge in [0.15, 0.2) is 0 Å². The first-order chi connectivity index (χ1) is 15.2. The standard InChI is InChI=1S/C22H26BrFN4O4/c1-13-10-28(14(2)12-29)21(30)18-8-15(23)9-25-20(18)32-19(13)11-27(3)22(31)26-17-6-4-16(24)5-7-17/h4-9,13-14,19,29H,10-12H2,1-3H3,(H,26,31)/t13-,14+,19+/m1/s1. The molecule has 3 rings (SSSR count). The van der Waals surface area contributed by atoms with Crippen LogP contribution in [0, 0.1) is 11.7 Å². The zero-order valence-corrected chi connectivity index (χ0v) is 19.7. The summed E-state index contributed by atoms with van der Waals surface area (Å²) >= 11 is 3.34. The number of nitrogens with one attached hydrogen (secondary N) is 1. The number of benzene rings is 1. The number of hydrogen-bond donors (Lipinski definition) is 2. The Kier molecular flexibility index (Phi) is 7.68. The van der Waals surface area contributed by atoms with E-state index < -0.39 is 12.1 Å². The van der Waals surface area contributed by atoms with Gasteiger partial charge in [-0.05, 0) is 53.2 Å². The summed E-state index contributed by atoms with van der Waals surface area (Å²) in [6.07, 6.45) is 1.08. The molecule has 0 saturated carbocycles. The molecule has 1 aromatic carbocycles. The van der Waals surface area contributed by atoms with Gasteiger partial charge in [0.1, 0.15) is 17.5 Å². The molecule has 0 radical (unpaired) electrons. The predicted molar refractivity (Wildman–Crippen MR) is 121 cm³/mol. The monoisotopic (exact) mass is 508 g/mol. The molecule has 10 heteroatoms. The number of carbonyl (C=O) groups is 2. The van der Waals surface area contributed by atoms with Crippen LogP contribution >= 0.6 is 15.9 Å². The van der Waals surface area contributed by atoms with Crippen LogP contribution in [-0.4, -0.2) is 70.7 Å². The van der Waals surface area contributed by atoms with E-state index in [1.807, 2.05) is 6.92 Å². The van der Waals surface area contributed by atoms with Gasteiger partial charge in [-0.15, -0.1) is 0 Å². The van der Waals surface area contributed by atoms with Crippen LogP contribution < -0.4 is 10.1 Å². The van der Waals surface area contributed by atoms with Gasteiger partial charge in [-0.25, -0.2) is 14.2 Å². The SMILES string of the molecule is C[C@@H]1CN([C@@H](C)CO)C(=O)c2cc(Br)cnc2O[C@H]1CN(C)C(=O)Nc1ccc(F)cc1. The lowest BCUT2D eigenvalue weighted by Gasteiger charge is -2.37. The molecule has 3 amide bonds. The Hall–Kier alpha value is -2.72. The van der Waals surface area contributed by atoms with Crippen molar-refractivity contribution < 1.29 is 23.8 Å². The van der Waals surface area contributed by atoms with Gasteiger partial charge >= 0.3 is 6.03 Å². The van der Waals surface area contributed by atoms with E-state index in [4.69, 9.17) is 4.74 Å². The molecule has 0 bridgehead atoms. The lowest BCUT2D eigenvalue weighted by molar-refractivity contribution is 0.0356. The summed E-state index contributed by atoms with van der Waals surface area (Å²) in [5, 5.41) is 12.4. The second kappa shape index (κ2) is 10.3. The largest absolute Gasteiger partial charge is 0.472 e. The van der Waals surface area contributed by atoms with Crippen LogP contribution in [0.1, 0.15) is 24.2 Å². The number of carbonyl (C=O) groups excluding carboxylic acids is 2. The molecule has 0 unspecified atom stereocenters. The second-order valence-corrected chi connectivity index (χ2v) is 8.86. The Bertz CT molecular complexity index is 975. The summed E-state index contributed by atoms with van der Waals surface area (Å²) in [5.41, 5.74) is 0.760. The molecule has 2 aromatic rings. The third-order valence-electron chi connectivity index (χ3n) is 5.38. The Balaban J connectivity index is 1.81. The third-order valence-corrected chi connectivity index (χ3v) is 5.82. The highest BCUT2D eigenvalue weighted by atomic mass is 79.9. The summed E-state index contributed by atoms with van der Waals surface area (Å²) in [5.74, 6) is -0.644. The van der Waals surface area contributed by atoms with Crippen molar-refractivity contribution in [3.8, 4) is 5.88 Å². The number of ether oxygens (including phenoxy) is 1. The van der Waals surface area contributed by atoms with Gasteiger partial charge in [-0.2, -0.15) is 0 Å². The fraction of sp³-hybridized carbons (Fsp3) is 0.409. The number of aromatic nitrogens is 1. The summed E-state index contributed by atoms with van der Waals surface area (Å²) in [4.78, 5) is 33.1. The molecular formula is C22H26BrFN4O4. The highest BCUT2D eigenvalue weighted by molar-refractivity contribution is 9.10. The zero-order valence-electron chi connectivity index (χ0n) is 18.1. The average Bonchev–Trinajstić information content (AvgIpc) is 2.77. The molecule has 0 aliphatic carbocycles. The highest BCUT2D eigenvalue weighted by Gasteiger charge is 2.34. The molecule has 0 spiro atoms. The van der Waals surface area contributed by atoms with Gasteiger partial charge < -0.3 is 25.0 Å². The minimum absolute atomic E-state index is 0.160. The van der Waals surface area contributed by atoms with E-state index in [1.165, 1.54) is 29.2 Å². The molecule has 1 aliphatic heterocycles. The fourth-order valence-corrected chi connectivity index (χ4v) is 3.73. The van der Waals surface area contributed by atoms with Crippen LogP contribution in [0.5, 0.6) is 5.88 Å². The Morgan fingerprint density at radius 3 is 2.78 bits per heavy atom. The topological polar surface area (TPSA) is 95.0 Å². The lowest BCUT2D eigenvalue weighted by Crippen LogP contribution is -2.50. The number of nitrogens with zero attached hydrogens (tertiary/aromatic N) is 3. The maximum absolute atomic E-state index is 13.1. The lowest BCUT2D eigenvalue weighted by atomic mass is 10.0. The van der Waals surface area contributed by atoms with Gasteiger partial charge in [-0.3, -0.25) is 4.79 Å². The van der Waals surface area contributed by atoms with Crippen molar-refractivity contribution in [2.75, 3.05) is 32.1 Å². The molecule has 1 aromatic heterocycles.